The van der Waals surface area contributed by atoms with E-state index in [1.165, 1.54) is 0 Å². The quantitative estimate of drug-likeness (QED) is 0.239. The summed E-state index contributed by atoms with van der Waals surface area (Å²) in [4.78, 5) is 59.0. The van der Waals surface area contributed by atoms with Crippen molar-refractivity contribution in [2.45, 2.75) is 87.1 Å². The number of piperazine rings is 1. The summed E-state index contributed by atoms with van der Waals surface area (Å²) in [6, 6.07) is -1.31. The fourth-order valence-electron chi connectivity index (χ4n) is 6.95. The zero-order valence-electron chi connectivity index (χ0n) is 22.2. The summed E-state index contributed by atoms with van der Waals surface area (Å²) in [7, 11) is 0. The highest BCUT2D eigenvalue weighted by Gasteiger charge is 2.48. The van der Waals surface area contributed by atoms with E-state index in [0.29, 0.717) is 19.5 Å². The second-order valence-corrected chi connectivity index (χ2v) is 11.9. The number of aliphatic hydroxyl groups is 2. The minimum atomic E-state index is -1.27. The lowest BCUT2D eigenvalue weighted by molar-refractivity contribution is -0.151. The van der Waals surface area contributed by atoms with Gasteiger partial charge in [-0.1, -0.05) is 0 Å². The van der Waals surface area contributed by atoms with E-state index in [1.54, 1.807) is 9.80 Å². The molecule has 5 saturated heterocycles. The van der Waals surface area contributed by atoms with Crippen molar-refractivity contribution in [3.8, 4) is 0 Å². The van der Waals surface area contributed by atoms with Crippen LogP contribution < -0.4 is 16.0 Å². The van der Waals surface area contributed by atoms with E-state index in [0.717, 1.165) is 38.8 Å². The Hall–Kier alpha value is -2.32. The summed E-state index contributed by atoms with van der Waals surface area (Å²) >= 11 is 0. The Balaban J connectivity index is 1.28. The molecule has 6 fully saturated rings. The van der Waals surface area contributed by atoms with Gasteiger partial charge < -0.3 is 40.7 Å². The molecule has 0 unspecified atom stereocenters. The topological polar surface area (TPSA) is 164 Å². The number of rotatable bonds is 2. The number of hydrogen-bond donors (Lipinski definition) is 5. The summed E-state index contributed by atoms with van der Waals surface area (Å²) in [6.45, 7) is 2.91. The molecule has 0 aromatic rings. The van der Waals surface area contributed by atoms with Gasteiger partial charge in [0.15, 0.2) is 0 Å². The van der Waals surface area contributed by atoms with Crippen LogP contribution in [0.5, 0.6) is 0 Å². The summed E-state index contributed by atoms with van der Waals surface area (Å²) in [5, 5.41) is 30.3. The van der Waals surface area contributed by atoms with Crippen molar-refractivity contribution in [1.29, 1.82) is 0 Å². The highest BCUT2D eigenvalue weighted by molar-refractivity contribution is 5.91. The maximum atomic E-state index is 14.0. The largest absolute Gasteiger partial charge is 0.388 e. The molecule has 0 aromatic heterocycles. The molecule has 5 heterocycles. The van der Waals surface area contributed by atoms with Crippen molar-refractivity contribution in [3.05, 3.63) is 0 Å². The number of aliphatic hydroxyl groups excluding tert-OH is 2. The number of nitrogens with one attached hydrogen (secondary N) is 3. The lowest BCUT2D eigenvalue weighted by atomic mass is 10.0. The predicted octanol–water partition coefficient (Wildman–Crippen LogP) is -3.24. The summed E-state index contributed by atoms with van der Waals surface area (Å²) < 4.78 is 5.81. The molecule has 4 amide bonds. The zero-order chi connectivity index (χ0) is 27.3. The monoisotopic (exact) mass is 548 g/mol. The van der Waals surface area contributed by atoms with E-state index in [1.807, 2.05) is 0 Å². The maximum Gasteiger partial charge on any atom is 0.244 e. The van der Waals surface area contributed by atoms with Gasteiger partial charge in [-0.2, -0.15) is 0 Å². The number of ether oxygens (including phenoxy) is 1. The molecule has 0 aromatic carbocycles. The molecule has 7 atom stereocenters. The Labute approximate surface area is 227 Å². The summed E-state index contributed by atoms with van der Waals surface area (Å²) in [5.74, 6) is -0.906. The van der Waals surface area contributed by atoms with Gasteiger partial charge in [-0.15, -0.1) is 0 Å². The Kier molecular flexibility index (Phi) is 7.53. The van der Waals surface area contributed by atoms with Gasteiger partial charge in [0.05, 0.1) is 25.1 Å². The number of fused-ring (bicyclic) bond motifs is 6. The normalized spacial score (nSPS) is 39.0. The summed E-state index contributed by atoms with van der Waals surface area (Å²) in [5.41, 5.74) is 0. The molecule has 1 saturated carbocycles. The van der Waals surface area contributed by atoms with Crippen LogP contribution in [-0.4, -0.2) is 143 Å². The fraction of sp³-hybridized carbons (Fsp3) is 0.846. The van der Waals surface area contributed by atoms with E-state index >= 15 is 0 Å². The molecule has 5 aliphatic heterocycles. The second-order valence-electron chi connectivity index (χ2n) is 11.9. The molecule has 6 aliphatic rings. The van der Waals surface area contributed by atoms with Gasteiger partial charge in [0.25, 0.3) is 0 Å². The van der Waals surface area contributed by atoms with Gasteiger partial charge >= 0.3 is 0 Å². The molecular formula is C26H40N6O7. The van der Waals surface area contributed by atoms with Crippen LogP contribution in [0.4, 0.5) is 0 Å². The average Bonchev–Trinajstić information content (AvgIpc) is 3.66. The van der Waals surface area contributed by atoms with Crippen LogP contribution >= 0.6 is 0 Å². The van der Waals surface area contributed by atoms with Crippen LogP contribution in [0.1, 0.15) is 38.5 Å². The van der Waals surface area contributed by atoms with Crippen LogP contribution in [0.15, 0.2) is 0 Å². The van der Waals surface area contributed by atoms with Crippen molar-refractivity contribution in [2.24, 2.45) is 5.92 Å². The fourth-order valence-corrected chi connectivity index (χ4v) is 6.95. The van der Waals surface area contributed by atoms with E-state index in [9.17, 15) is 29.4 Å². The van der Waals surface area contributed by atoms with Crippen LogP contribution in [0, 0.1) is 5.92 Å². The lowest BCUT2D eigenvalue weighted by Crippen LogP contribution is -2.64. The van der Waals surface area contributed by atoms with Crippen LogP contribution in [-0.2, 0) is 23.9 Å². The molecule has 0 radical (unpaired) electrons. The molecule has 39 heavy (non-hydrogen) atoms. The van der Waals surface area contributed by atoms with E-state index in [4.69, 9.17) is 4.74 Å². The average molecular weight is 549 g/mol. The third kappa shape index (κ3) is 5.39. The molecule has 1 aliphatic carbocycles. The van der Waals surface area contributed by atoms with Crippen molar-refractivity contribution in [2.75, 3.05) is 45.8 Å². The number of hydrogen-bond acceptors (Lipinski definition) is 9. The van der Waals surface area contributed by atoms with E-state index < -0.39 is 42.4 Å². The van der Waals surface area contributed by atoms with Crippen molar-refractivity contribution >= 4 is 23.6 Å². The van der Waals surface area contributed by atoms with Gasteiger partial charge in [-0.25, -0.2) is 0 Å². The first-order valence-corrected chi connectivity index (χ1v) is 14.4. The first kappa shape index (κ1) is 26.9. The number of likely N-dealkylation sites (tertiary alicyclic amines) is 1. The standard InChI is InChI=1S/C26H40N6O7/c33-21-10-19-22(34)23(35)20(39-19)11-28-24(36)18-13-30(7-8-31(18)25(37)14-1-2-14)26(38)17-9-15(29-21)12-32(17)16-3-5-27-6-4-16/h14-20,22-23,27,34-35H,1-13H2,(H,28,36)(H,29,33)/t15-,17-,18-,19-,20+,22-,23+/m0/s1. The number of piperidine rings is 1. The maximum absolute atomic E-state index is 14.0. The lowest BCUT2D eigenvalue weighted by Gasteiger charge is -2.43. The Morgan fingerprint density at radius 3 is 2.41 bits per heavy atom. The number of amides is 4. The third-order valence-electron chi connectivity index (χ3n) is 9.30. The molecule has 6 rings (SSSR count). The van der Waals surface area contributed by atoms with Crippen LogP contribution in [0.3, 0.4) is 0 Å². The Bertz CT molecular complexity index is 988. The molecular weight excluding hydrogens is 508 g/mol. The van der Waals surface area contributed by atoms with Crippen molar-refractivity contribution < 1.29 is 34.1 Å². The van der Waals surface area contributed by atoms with Gasteiger partial charge in [0, 0.05) is 44.2 Å². The molecule has 6 bridgehead atoms. The number of carbonyl (C=O) groups excluding carboxylic acids is 4. The first-order valence-electron chi connectivity index (χ1n) is 14.4. The van der Waals surface area contributed by atoms with Crippen LogP contribution in [0.2, 0.25) is 0 Å². The SMILES string of the molecule is O=C1C[C@@H]2O[C@H](CNC(=O)[C@@H]3CN(CCN3C(=O)C3CC3)C(=O)[C@@H]3C[C@@H](CN3C3CCNCC3)N1)[C@@H](O)[C@H]2O. The minimum absolute atomic E-state index is 0.0516. The number of carbonyl (C=O) groups is 4. The predicted molar refractivity (Wildman–Crippen MR) is 136 cm³/mol. The first-order chi connectivity index (χ1) is 18.8. The number of nitrogens with zero attached hydrogens (tertiary/aromatic N) is 3. The van der Waals surface area contributed by atoms with Crippen LogP contribution in [0.25, 0.3) is 0 Å². The van der Waals surface area contributed by atoms with E-state index in [-0.39, 0.29) is 61.8 Å². The molecule has 216 valence electrons. The second kappa shape index (κ2) is 10.9. The molecule has 13 heteroatoms. The van der Waals surface area contributed by atoms with Gasteiger partial charge in [-0.05, 0) is 45.2 Å². The molecule has 13 nitrogen and oxygen atoms in total. The highest BCUT2D eigenvalue weighted by Crippen LogP contribution is 2.33. The zero-order valence-corrected chi connectivity index (χ0v) is 22.2. The van der Waals surface area contributed by atoms with Crippen molar-refractivity contribution in [3.63, 3.8) is 0 Å². The summed E-state index contributed by atoms with van der Waals surface area (Å²) in [6.07, 6.45) is -0.588. The minimum Gasteiger partial charge on any atom is -0.388 e. The van der Waals surface area contributed by atoms with Gasteiger partial charge in [0.2, 0.25) is 23.6 Å². The smallest absolute Gasteiger partial charge is 0.244 e. The highest BCUT2D eigenvalue weighted by atomic mass is 16.5. The van der Waals surface area contributed by atoms with Crippen molar-refractivity contribution in [1.82, 2.24) is 30.7 Å². The Morgan fingerprint density at radius 2 is 1.67 bits per heavy atom. The third-order valence-corrected chi connectivity index (χ3v) is 9.30. The molecule has 0 spiro atoms. The van der Waals surface area contributed by atoms with Gasteiger partial charge in [-0.3, -0.25) is 24.1 Å². The van der Waals surface area contributed by atoms with Gasteiger partial charge in [0.1, 0.15) is 24.4 Å². The van der Waals surface area contributed by atoms with E-state index in [2.05, 4.69) is 20.9 Å². The molecule has 5 N–H and O–H groups in total. The Morgan fingerprint density at radius 1 is 0.923 bits per heavy atom.